The van der Waals surface area contributed by atoms with Gasteiger partial charge in [0.25, 0.3) is 15.6 Å². The number of esters is 1. The third-order valence-corrected chi connectivity index (χ3v) is 4.93. The Morgan fingerprint density at radius 2 is 1.92 bits per heavy atom. The van der Waals surface area contributed by atoms with E-state index in [2.05, 4.69) is 14.7 Å². The highest BCUT2D eigenvalue weighted by Crippen LogP contribution is 2.22. The number of nitrogens with zero attached hydrogens (tertiary/aromatic N) is 1. The summed E-state index contributed by atoms with van der Waals surface area (Å²) in [6, 6.07) is 10.3. The molecule has 1 heterocycles. The van der Waals surface area contributed by atoms with Crippen LogP contribution in [0.15, 0.2) is 58.4 Å². The number of ether oxygens (including phenoxy) is 1. The smallest absolute Gasteiger partial charge is 0.338 e. The molecule has 1 aromatic heterocycles. The topological polar surface area (TPSA) is 118 Å². The van der Waals surface area contributed by atoms with Crippen LogP contribution >= 0.6 is 0 Å². The van der Waals surface area contributed by atoms with Gasteiger partial charge in [0.05, 0.1) is 29.4 Å². The van der Waals surface area contributed by atoms with Gasteiger partial charge >= 0.3 is 5.97 Å². The first-order valence-electron chi connectivity index (χ1n) is 7.69. The molecular formula is C17H15N3O5S. The van der Waals surface area contributed by atoms with Crippen molar-refractivity contribution in [1.82, 2.24) is 9.97 Å². The van der Waals surface area contributed by atoms with Crippen LogP contribution in [0.2, 0.25) is 0 Å². The fraction of sp³-hybridized carbons (Fsp3) is 0.118. The Bertz CT molecular complexity index is 1120. The molecule has 8 nitrogen and oxygen atoms in total. The molecule has 0 radical (unpaired) electrons. The first kappa shape index (κ1) is 17.6. The number of H-pyrrole nitrogens is 1. The summed E-state index contributed by atoms with van der Waals surface area (Å²) in [4.78, 5) is 29.4. The van der Waals surface area contributed by atoms with E-state index in [0.717, 1.165) is 6.20 Å². The number of carbonyl (C=O) groups is 1. The van der Waals surface area contributed by atoms with Crippen molar-refractivity contribution >= 4 is 32.7 Å². The first-order chi connectivity index (χ1) is 12.4. The molecule has 0 bridgehead atoms. The maximum Gasteiger partial charge on any atom is 0.338 e. The van der Waals surface area contributed by atoms with Crippen LogP contribution in [0.3, 0.4) is 0 Å². The van der Waals surface area contributed by atoms with Crippen molar-refractivity contribution in [3.8, 4) is 0 Å². The van der Waals surface area contributed by atoms with Gasteiger partial charge in [0.1, 0.15) is 4.90 Å². The molecule has 26 heavy (non-hydrogen) atoms. The molecule has 2 aromatic carbocycles. The van der Waals surface area contributed by atoms with Gasteiger partial charge in [0, 0.05) is 5.69 Å². The zero-order chi connectivity index (χ0) is 18.7. The van der Waals surface area contributed by atoms with E-state index in [0.29, 0.717) is 11.1 Å². The largest absolute Gasteiger partial charge is 0.462 e. The number of sulfonamides is 1. The molecule has 0 aliphatic rings. The van der Waals surface area contributed by atoms with Gasteiger partial charge in [-0.1, -0.05) is 6.07 Å². The Kier molecular flexibility index (Phi) is 4.72. The van der Waals surface area contributed by atoms with Crippen LogP contribution in [-0.4, -0.2) is 31.0 Å². The van der Waals surface area contributed by atoms with Gasteiger partial charge in [-0.25, -0.2) is 18.2 Å². The average Bonchev–Trinajstić information content (AvgIpc) is 2.61. The molecule has 3 rings (SSSR count). The standard InChI is InChI=1S/C17H15N3O5S/c1-2-25-17(22)11-6-8-12(9-7-11)20-26(23,24)14-5-3-4-13-16(14)19-15(21)10-18-13/h3-10,20H,2H2,1H3,(H,19,21). The highest BCUT2D eigenvalue weighted by Gasteiger charge is 2.19. The molecular weight excluding hydrogens is 358 g/mol. The number of benzene rings is 2. The lowest BCUT2D eigenvalue weighted by molar-refractivity contribution is 0.0526. The van der Waals surface area contributed by atoms with Crippen LogP contribution in [0.1, 0.15) is 17.3 Å². The van der Waals surface area contributed by atoms with Crippen molar-refractivity contribution in [2.45, 2.75) is 11.8 Å². The number of carbonyl (C=O) groups excluding carboxylic acids is 1. The van der Waals surface area contributed by atoms with Crippen LogP contribution < -0.4 is 10.3 Å². The van der Waals surface area contributed by atoms with Crippen molar-refractivity contribution in [1.29, 1.82) is 0 Å². The van der Waals surface area contributed by atoms with Crippen molar-refractivity contribution in [2.75, 3.05) is 11.3 Å². The molecule has 0 aliphatic heterocycles. The number of aromatic amines is 1. The molecule has 0 amide bonds. The normalized spacial score (nSPS) is 11.3. The summed E-state index contributed by atoms with van der Waals surface area (Å²) < 4.78 is 32.7. The molecule has 0 aliphatic carbocycles. The van der Waals surface area contributed by atoms with Gasteiger partial charge in [-0.3, -0.25) is 9.52 Å². The second-order valence-electron chi connectivity index (χ2n) is 5.30. The zero-order valence-corrected chi connectivity index (χ0v) is 14.5. The number of nitrogens with one attached hydrogen (secondary N) is 2. The lowest BCUT2D eigenvalue weighted by Crippen LogP contribution is -2.16. The quantitative estimate of drug-likeness (QED) is 0.660. The SMILES string of the molecule is CCOC(=O)c1ccc(NS(=O)(=O)c2cccc3ncc(=O)[nH]c23)cc1. The summed E-state index contributed by atoms with van der Waals surface area (Å²) >= 11 is 0. The Morgan fingerprint density at radius 3 is 2.62 bits per heavy atom. The third kappa shape index (κ3) is 3.57. The molecule has 0 saturated heterocycles. The molecule has 9 heteroatoms. The van der Waals surface area contributed by atoms with Crippen LogP contribution in [0.25, 0.3) is 11.0 Å². The Balaban J connectivity index is 1.94. The number of rotatable bonds is 5. The number of hydrogen-bond donors (Lipinski definition) is 2. The monoisotopic (exact) mass is 373 g/mol. The van der Waals surface area contributed by atoms with E-state index in [9.17, 15) is 18.0 Å². The minimum absolute atomic E-state index is 0.102. The molecule has 134 valence electrons. The molecule has 0 spiro atoms. The molecule has 0 fully saturated rings. The minimum atomic E-state index is -3.98. The van der Waals surface area contributed by atoms with Crippen LogP contribution in [0, 0.1) is 0 Å². The van der Waals surface area contributed by atoms with Crippen molar-refractivity contribution in [2.24, 2.45) is 0 Å². The van der Waals surface area contributed by atoms with E-state index in [-0.39, 0.29) is 22.7 Å². The summed E-state index contributed by atoms with van der Waals surface area (Å²) in [5.74, 6) is -0.486. The van der Waals surface area contributed by atoms with Crippen LogP contribution in [0.5, 0.6) is 0 Å². The van der Waals surface area contributed by atoms with Gasteiger partial charge in [-0.05, 0) is 43.3 Å². The van der Waals surface area contributed by atoms with Gasteiger partial charge in [0.15, 0.2) is 0 Å². The van der Waals surface area contributed by atoms with E-state index >= 15 is 0 Å². The summed E-state index contributed by atoms with van der Waals surface area (Å²) in [5, 5.41) is 0. The lowest BCUT2D eigenvalue weighted by Gasteiger charge is -2.10. The summed E-state index contributed by atoms with van der Waals surface area (Å²) in [7, 11) is -3.98. The van der Waals surface area contributed by atoms with Gasteiger partial charge in [0.2, 0.25) is 0 Å². The average molecular weight is 373 g/mol. The zero-order valence-electron chi connectivity index (χ0n) is 13.7. The maximum absolute atomic E-state index is 12.7. The van der Waals surface area contributed by atoms with Crippen LogP contribution in [-0.2, 0) is 14.8 Å². The number of fused-ring (bicyclic) bond motifs is 1. The van der Waals surface area contributed by atoms with Gasteiger partial charge in [-0.2, -0.15) is 0 Å². The molecule has 0 unspecified atom stereocenters. The highest BCUT2D eigenvalue weighted by atomic mass is 32.2. The van der Waals surface area contributed by atoms with Crippen molar-refractivity contribution in [3.05, 3.63) is 64.6 Å². The minimum Gasteiger partial charge on any atom is -0.462 e. The molecule has 0 atom stereocenters. The number of anilines is 1. The number of para-hydroxylation sites is 1. The Labute approximate surface area is 148 Å². The summed E-state index contributed by atoms with van der Waals surface area (Å²) in [6.45, 7) is 1.95. The predicted octanol–water partition coefficient (Wildman–Crippen LogP) is 1.90. The van der Waals surface area contributed by atoms with E-state index in [1.807, 2.05) is 0 Å². The van der Waals surface area contributed by atoms with E-state index in [1.165, 1.54) is 36.4 Å². The van der Waals surface area contributed by atoms with Gasteiger partial charge in [-0.15, -0.1) is 0 Å². The maximum atomic E-state index is 12.7. The Hall–Kier alpha value is -3.20. The molecule has 0 saturated carbocycles. The predicted molar refractivity (Wildman–Crippen MR) is 95.6 cm³/mol. The van der Waals surface area contributed by atoms with E-state index < -0.39 is 21.6 Å². The summed E-state index contributed by atoms with van der Waals surface area (Å²) in [5.41, 5.74) is 0.550. The third-order valence-electron chi connectivity index (χ3n) is 3.51. The van der Waals surface area contributed by atoms with Gasteiger partial charge < -0.3 is 9.72 Å². The second-order valence-corrected chi connectivity index (χ2v) is 6.95. The summed E-state index contributed by atoms with van der Waals surface area (Å²) in [6.07, 6.45) is 1.08. The van der Waals surface area contributed by atoms with Crippen molar-refractivity contribution < 1.29 is 17.9 Å². The lowest BCUT2D eigenvalue weighted by atomic mass is 10.2. The van der Waals surface area contributed by atoms with E-state index in [1.54, 1.807) is 13.0 Å². The fourth-order valence-electron chi connectivity index (χ4n) is 2.36. The fourth-order valence-corrected chi connectivity index (χ4v) is 3.60. The number of hydrogen-bond acceptors (Lipinski definition) is 6. The first-order valence-corrected chi connectivity index (χ1v) is 9.17. The van der Waals surface area contributed by atoms with E-state index in [4.69, 9.17) is 4.74 Å². The van der Waals surface area contributed by atoms with Crippen LogP contribution in [0.4, 0.5) is 5.69 Å². The highest BCUT2D eigenvalue weighted by molar-refractivity contribution is 7.93. The second kappa shape index (κ2) is 6.96. The Morgan fingerprint density at radius 1 is 1.19 bits per heavy atom. The van der Waals surface area contributed by atoms with Crippen molar-refractivity contribution in [3.63, 3.8) is 0 Å². The molecule has 3 aromatic rings. The number of aromatic nitrogens is 2. The molecule has 2 N–H and O–H groups in total.